The summed E-state index contributed by atoms with van der Waals surface area (Å²) in [4.78, 5) is 4.12. The summed E-state index contributed by atoms with van der Waals surface area (Å²) in [7, 11) is 1.86. The van der Waals surface area contributed by atoms with Crippen LogP contribution < -0.4 is 5.32 Å². The van der Waals surface area contributed by atoms with Crippen molar-refractivity contribution in [2.24, 2.45) is 7.05 Å². The van der Waals surface area contributed by atoms with Crippen LogP contribution in [0.1, 0.15) is 5.82 Å². The molecule has 0 amide bonds. The van der Waals surface area contributed by atoms with Gasteiger partial charge in [0.05, 0.1) is 13.1 Å². The molecule has 0 atom stereocenters. The molecule has 15 heavy (non-hydrogen) atoms. The summed E-state index contributed by atoms with van der Waals surface area (Å²) in [6.45, 7) is 2.42. The quantitative estimate of drug-likeness (QED) is 0.688. The second-order valence-corrected chi connectivity index (χ2v) is 3.28. The standard InChI is InChI=1S/C9H14N6/c1-14-8-11-9(13-14)7-10-4-6-15-5-2-3-12-15/h2-3,5,8,10H,4,6-7H2,1H3. The molecule has 0 spiro atoms. The van der Waals surface area contributed by atoms with Gasteiger partial charge in [0.15, 0.2) is 5.82 Å². The molecule has 1 N–H and O–H groups in total. The molecule has 0 aliphatic rings. The van der Waals surface area contributed by atoms with Crippen LogP contribution in [0.2, 0.25) is 0 Å². The lowest BCUT2D eigenvalue weighted by molar-refractivity contribution is 0.546. The molecule has 0 aliphatic heterocycles. The molecular weight excluding hydrogens is 192 g/mol. The Morgan fingerprint density at radius 1 is 1.47 bits per heavy atom. The number of aromatic nitrogens is 5. The highest BCUT2D eigenvalue weighted by atomic mass is 15.3. The van der Waals surface area contributed by atoms with E-state index in [1.54, 1.807) is 17.2 Å². The number of hydrogen-bond donors (Lipinski definition) is 1. The van der Waals surface area contributed by atoms with Crippen molar-refractivity contribution in [3.05, 3.63) is 30.6 Å². The minimum absolute atomic E-state index is 0.697. The van der Waals surface area contributed by atoms with Crippen LogP contribution >= 0.6 is 0 Å². The van der Waals surface area contributed by atoms with E-state index in [1.165, 1.54) is 0 Å². The van der Waals surface area contributed by atoms with Crippen molar-refractivity contribution in [3.8, 4) is 0 Å². The minimum atomic E-state index is 0.697. The van der Waals surface area contributed by atoms with E-state index >= 15 is 0 Å². The lowest BCUT2D eigenvalue weighted by Gasteiger charge is -2.02. The molecule has 80 valence electrons. The molecule has 6 heteroatoms. The Bertz CT molecular complexity index is 390. The first-order valence-corrected chi connectivity index (χ1v) is 4.87. The maximum absolute atomic E-state index is 4.17. The Hall–Kier alpha value is -1.69. The van der Waals surface area contributed by atoms with Gasteiger partial charge >= 0.3 is 0 Å². The Morgan fingerprint density at radius 2 is 2.40 bits per heavy atom. The Balaban J connectivity index is 1.67. The summed E-state index contributed by atoms with van der Waals surface area (Å²) in [5.41, 5.74) is 0. The van der Waals surface area contributed by atoms with E-state index in [2.05, 4.69) is 20.5 Å². The highest BCUT2D eigenvalue weighted by Crippen LogP contribution is 1.87. The molecule has 0 fully saturated rings. The fraction of sp³-hybridized carbons (Fsp3) is 0.444. The number of nitrogens with one attached hydrogen (secondary N) is 1. The van der Waals surface area contributed by atoms with E-state index in [-0.39, 0.29) is 0 Å². The topological polar surface area (TPSA) is 60.6 Å². The van der Waals surface area contributed by atoms with Crippen LogP contribution in [0.25, 0.3) is 0 Å². The Labute approximate surface area is 87.9 Å². The van der Waals surface area contributed by atoms with E-state index in [1.807, 2.05) is 24.0 Å². The van der Waals surface area contributed by atoms with Gasteiger partial charge in [-0.2, -0.15) is 10.2 Å². The van der Waals surface area contributed by atoms with Gasteiger partial charge in [0.2, 0.25) is 0 Å². The molecule has 0 saturated carbocycles. The monoisotopic (exact) mass is 206 g/mol. The Kier molecular flexibility index (Phi) is 3.08. The summed E-state index contributed by atoms with van der Waals surface area (Å²) in [5, 5.41) is 11.5. The first kappa shape index (κ1) is 9.85. The van der Waals surface area contributed by atoms with Gasteiger partial charge in [0.25, 0.3) is 0 Å². The number of hydrogen-bond acceptors (Lipinski definition) is 4. The number of aryl methyl sites for hydroxylation is 1. The molecule has 0 radical (unpaired) electrons. The summed E-state index contributed by atoms with van der Waals surface area (Å²) in [5.74, 6) is 0.818. The van der Waals surface area contributed by atoms with Gasteiger partial charge in [-0.3, -0.25) is 9.36 Å². The predicted octanol–water partition coefficient (Wildman–Crippen LogP) is -0.199. The van der Waals surface area contributed by atoms with E-state index in [0.717, 1.165) is 18.9 Å². The second kappa shape index (κ2) is 4.70. The zero-order chi connectivity index (χ0) is 10.5. The maximum atomic E-state index is 4.17. The molecule has 2 rings (SSSR count). The molecule has 0 bridgehead atoms. The lowest BCUT2D eigenvalue weighted by Crippen LogP contribution is -2.20. The van der Waals surface area contributed by atoms with Crippen LogP contribution in [-0.2, 0) is 20.1 Å². The molecular formula is C9H14N6. The van der Waals surface area contributed by atoms with Crippen LogP contribution in [0.5, 0.6) is 0 Å². The highest BCUT2D eigenvalue weighted by molar-refractivity contribution is 4.80. The van der Waals surface area contributed by atoms with Crippen molar-refractivity contribution in [2.75, 3.05) is 6.54 Å². The Morgan fingerprint density at radius 3 is 3.07 bits per heavy atom. The predicted molar refractivity (Wildman–Crippen MR) is 54.9 cm³/mol. The van der Waals surface area contributed by atoms with Crippen molar-refractivity contribution in [2.45, 2.75) is 13.1 Å². The van der Waals surface area contributed by atoms with Gasteiger partial charge in [-0.15, -0.1) is 0 Å². The van der Waals surface area contributed by atoms with E-state index in [4.69, 9.17) is 0 Å². The van der Waals surface area contributed by atoms with Crippen LogP contribution in [0.3, 0.4) is 0 Å². The van der Waals surface area contributed by atoms with Crippen molar-refractivity contribution in [1.82, 2.24) is 29.9 Å². The largest absolute Gasteiger partial charge is 0.308 e. The fourth-order valence-corrected chi connectivity index (χ4v) is 1.29. The number of rotatable bonds is 5. The van der Waals surface area contributed by atoms with Gasteiger partial charge in [0, 0.05) is 26.0 Å². The van der Waals surface area contributed by atoms with Crippen molar-refractivity contribution in [1.29, 1.82) is 0 Å². The second-order valence-electron chi connectivity index (χ2n) is 3.28. The molecule has 0 unspecified atom stereocenters. The molecule has 0 aliphatic carbocycles. The minimum Gasteiger partial charge on any atom is -0.308 e. The van der Waals surface area contributed by atoms with Gasteiger partial charge in [-0.25, -0.2) is 4.98 Å². The average molecular weight is 206 g/mol. The van der Waals surface area contributed by atoms with Crippen LogP contribution in [0.4, 0.5) is 0 Å². The molecule has 2 aromatic heterocycles. The van der Waals surface area contributed by atoms with Gasteiger partial charge in [-0.05, 0) is 6.07 Å². The molecule has 0 saturated heterocycles. The molecule has 2 aromatic rings. The summed E-state index contributed by atoms with van der Waals surface area (Å²) in [6, 6.07) is 1.92. The maximum Gasteiger partial charge on any atom is 0.164 e. The average Bonchev–Trinajstić information content (AvgIpc) is 2.84. The first-order chi connectivity index (χ1) is 7.34. The smallest absolute Gasteiger partial charge is 0.164 e. The number of nitrogens with zero attached hydrogens (tertiary/aromatic N) is 5. The van der Waals surface area contributed by atoms with E-state index in [9.17, 15) is 0 Å². The molecule has 6 nitrogen and oxygen atoms in total. The van der Waals surface area contributed by atoms with Crippen LogP contribution in [-0.4, -0.2) is 31.1 Å². The fourth-order valence-electron chi connectivity index (χ4n) is 1.29. The molecule has 2 heterocycles. The summed E-state index contributed by atoms with van der Waals surface area (Å²) >= 11 is 0. The third-order valence-corrected chi connectivity index (χ3v) is 2.01. The van der Waals surface area contributed by atoms with Crippen molar-refractivity contribution < 1.29 is 0 Å². The normalized spacial score (nSPS) is 10.7. The van der Waals surface area contributed by atoms with Gasteiger partial charge < -0.3 is 5.32 Å². The SMILES string of the molecule is Cn1cnc(CNCCn2cccn2)n1. The zero-order valence-electron chi connectivity index (χ0n) is 8.67. The van der Waals surface area contributed by atoms with Crippen molar-refractivity contribution >= 4 is 0 Å². The third kappa shape index (κ3) is 2.88. The summed E-state index contributed by atoms with van der Waals surface area (Å²) < 4.78 is 3.59. The lowest BCUT2D eigenvalue weighted by atomic mass is 10.5. The van der Waals surface area contributed by atoms with E-state index < -0.39 is 0 Å². The van der Waals surface area contributed by atoms with Crippen LogP contribution in [0.15, 0.2) is 24.8 Å². The highest BCUT2D eigenvalue weighted by Gasteiger charge is 1.97. The van der Waals surface area contributed by atoms with Crippen molar-refractivity contribution in [3.63, 3.8) is 0 Å². The zero-order valence-corrected chi connectivity index (χ0v) is 8.67. The third-order valence-electron chi connectivity index (χ3n) is 2.01. The van der Waals surface area contributed by atoms with Gasteiger partial charge in [-0.1, -0.05) is 0 Å². The van der Waals surface area contributed by atoms with E-state index in [0.29, 0.717) is 6.54 Å². The molecule has 0 aromatic carbocycles. The summed E-state index contributed by atoms with van der Waals surface area (Å²) in [6.07, 6.45) is 5.42. The van der Waals surface area contributed by atoms with Crippen LogP contribution in [0, 0.1) is 0 Å². The van der Waals surface area contributed by atoms with Gasteiger partial charge in [0.1, 0.15) is 6.33 Å². The first-order valence-electron chi connectivity index (χ1n) is 4.87.